The summed E-state index contributed by atoms with van der Waals surface area (Å²) < 4.78 is 5.28. The van der Waals surface area contributed by atoms with Crippen LogP contribution in [0.1, 0.15) is 29.3 Å². The summed E-state index contributed by atoms with van der Waals surface area (Å²) in [6.07, 6.45) is 3.71. The van der Waals surface area contributed by atoms with E-state index in [2.05, 4.69) is 4.98 Å². The average Bonchev–Trinajstić information content (AvgIpc) is 3.18. The van der Waals surface area contributed by atoms with Gasteiger partial charge in [0.25, 0.3) is 5.91 Å². The predicted octanol–water partition coefficient (Wildman–Crippen LogP) is 4.68. The van der Waals surface area contributed by atoms with E-state index in [0.29, 0.717) is 29.9 Å². The third-order valence-corrected chi connectivity index (χ3v) is 5.70. The van der Waals surface area contributed by atoms with Gasteiger partial charge in [0.1, 0.15) is 6.26 Å². The van der Waals surface area contributed by atoms with Crippen LogP contribution < -0.4 is 4.90 Å². The van der Waals surface area contributed by atoms with Crippen LogP contribution in [0.5, 0.6) is 0 Å². The summed E-state index contributed by atoms with van der Waals surface area (Å²) in [4.78, 5) is 30.9. The van der Waals surface area contributed by atoms with Crippen molar-refractivity contribution >= 4 is 29.2 Å². The molecule has 3 aromatic rings. The molecule has 0 radical (unpaired) electrons. The van der Waals surface area contributed by atoms with Crippen LogP contribution in [-0.2, 0) is 11.2 Å². The van der Waals surface area contributed by atoms with Gasteiger partial charge in [0.2, 0.25) is 5.89 Å². The van der Waals surface area contributed by atoms with Crippen LogP contribution in [-0.4, -0.2) is 28.5 Å². The van der Waals surface area contributed by atoms with Crippen molar-refractivity contribution in [1.82, 2.24) is 4.98 Å². The molecule has 29 heavy (non-hydrogen) atoms. The number of carbonyl (C=O) groups excluding carboxylic acids is 1. The van der Waals surface area contributed by atoms with E-state index >= 15 is 0 Å². The summed E-state index contributed by atoms with van der Waals surface area (Å²) >= 11 is 6.42. The zero-order chi connectivity index (χ0) is 20.6. The summed E-state index contributed by atoms with van der Waals surface area (Å²) in [5, 5.41) is 10.0. The van der Waals surface area contributed by atoms with Crippen molar-refractivity contribution in [1.29, 1.82) is 0 Å². The predicted molar refractivity (Wildman–Crippen MR) is 109 cm³/mol. The molecule has 2 heterocycles. The molecule has 0 spiro atoms. The summed E-state index contributed by atoms with van der Waals surface area (Å²) in [6.45, 7) is 2.01. The second-order valence-electron chi connectivity index (χ2n) is 7.41. The van der Waals surface area contributed by atoms with Crippen LogP contribution in [0.3, 0.4) is 0 Å². The van der Waals surface area contributed by atoms with Crippen molar-refractivity contribution in [3.05, 3.63) is 71.1 Å². The lowest BCUT2D eigenvalue weighted by Gasteiger charge is -2.24. The Bertz CT molecular complexity index is 1080. The highest BCUT2D eigenvalue weighted by atomic mass is 35.5. The molecule has 1 aromatic heterocycles. The Morgan fingerprint density at radius 1 is 1.24 bits per heavy atom. The van der Waals surface area contributed by atoms with Crippen LogP contribution in [0.25, 0.3) is 11.5 Å². The van der Waals surface area contributed by atoms with Gasteiger partial charge in [-0.25, -0.2) is 4.98 Å². The maximum Gasteiger partial charge on any atom is 0.309 e. The number of para-hydroxylation sites is 1. The molecule has 2 aromatic carbocycles. The Morgan fingerprint density at radius 2 is 2.03 bits per heavy atom. The van der Waals surface area contributed by atoms with Crippen molar-refractivity contribution in [3.8, 4) is 11.5 Å². The van der Waals surface area contributed by atoms with Crippen LogP contribution >= 0.6 is 11.6 Å². The minimum atomic E-state index is -0.941. The second kappa shape index (κ2) is 7.37. The number of amides is 1. The van der Waals surface area contributed by atoms with E-state index in [1.165, 1.54) is 12.5 Å². The first-order chi connectivity index (χ1) is 13.9. The summed E-state index contributed by atoms with van der Waals surface area (Å²) in [7, 11) is 0. The van der Waals surface area contributed by atoms with Gasteiger partial charge in [0.15, 0.2) is 0 Å². The van der Waals surface area contributed by atoms with Gasteiger partial charge in [-0.1, -0.05) is 29.8 Å². The van der Waals surface area contributed by atoms with Crippen molar-refractivity contribution < 1.29 is 19.1 Å². The number of anilines is 1. The van der Waals surface area contributed by atoms with Crippen LogP contribution in [0.4, 0.5) is 5.69 Å². The molecule has 148 valence electrons. The zero-order valence-corrected chi connectivity index (χ0v) is 16.5. The van der Waals surface area contributed by atoms with Crippen molar-refractivity contribution in [2.24, 2.45) is 5.41 Å². The molecular weight excluding hydrogens is 392 g/mol. The van der Waals surface area contributed by atoms with Crippen LogP contribution in [0, 0.1) is 5.41 Å². The molecule has 7 heteroatoms. The molecule has 0 saturated heterocycles. The number of halogens is 1. The second-order valence-corrected chi connectivity index (χ2v) is 7.82. The Morgan fingerprint density at radius 3 is 2.72 bits per heavy atom. The third kappa shape index (κ3) is 3.51. The molecule has 1 aliphatic rings. The standard InChI is InChI=1S/C22H19ClN2O4/c1-22(21(27)28)8-10-25(18-5-3-2-4-15(18)13-22)20(26)16-7-6-14(12-17(16)23)19-24-9-11-29-19/h2-7,9,11-12H,8,10,13H2,1H3,(H,27,28). The number of carboxylic acid groups (broad SMARTS) is 1. The highest BCUT2D eigenvalue weighted by Gasteiger charge is 2.38. The first-order valence-electron chi connectivity index (χ1n) is 9.22. The molecular formula is C22H19ClN2O4. The number of oxazole rings is 1. The number of hydrogen-bond donors (Lipinski definition) is 1. The Labute approximate surface area is 172 Å². The third-order valence-electron chi connectivity index (χ3n) is 5.39. The molecule has 1 N–H and O–H groups in total. The van der Waals surface area contributed by atoms with Gasteiger partial charge >= 0.3 is 5.97 Å². The van der Waals surface area contributed by atoms with Gasteiger partial charge in [0.05, 0.1) is 22.2 Å². The Hall–Kier alpha value is -3.12. The number of aliphatic carboxylic acids is 1. The number of nitrogens with zero attached hydrogens (tertiary/aromatic N) is 2. The highest BCUT2D eigenvalue weighted by Crippen LogP contribution is 2.37. The minimum Gasteiger partial charge on any atom is -0.481 e. The molecule has 6 nitrogen and oxygen atoms in total. The van der Waals surface area contributed by atoms with Crippen LogP contribution in [0.15, 0.2) is 59.3 Å². The van der Waals surface area contributed by atoms with Gasteiger partial charge in [-0.2, -0.15) is 0 Å². The van der Waals surface area contributed by atoms with E-state index in [1.54, 1.807) is 30.0 Å². The largest absolute Gasteiger partial charge is 0.481 e. The number of carboxylic acids is 1. The van der Waals surface area contributed by atoms with E-state index in [4.69, 9.17) is 16.0 Å². The average molecular weight is 411 g/mol. The van der Waals surface area contributed by atoms with Crippen LogP contribution in [0.2, 0.25) is 5.02 Å². The number of carbonyl (C=O) groups is 2. The monoisotopic (exact) mass is 410 g/mol. The summed E-state index contributed by atoms with van der Waals surface area (Å²) in [6, 6.07) is 12.4. The normalized spacial score (nSPS) is 18.8. The molecule has 0 bridgehead atoms. The van der Waals surface area contributed by atoms with Gasteiger partial charge in [-0.15, -0.1) is 0 Å². The molecule has 1 amide bonds. The number of fused-ring (bicyclic) bond motifs is 1. The molecule has 1 atom stereocenters. The lowest BCUT2D eigenvalue weighted by atomic mass is 9.81. The molecule has 1 aliphatic heterocycles. The van der Waals surface area contributed by atoms with Crippen molar-refractivity contribution in [3.63, 3.8) is 0 Å². The smallest absolute Gasteiger partial charge is 0.309 e. The Kier molecular flexibility index (Phi) is 4.88. The number of rotatable bonds is 3. The fourth-order valence-corrected chi connectivity index (χ4v) is 3.90. The van der Waals surface area contributed by atoms with E-state index in [9.17, 15) is 14.7 Å². The molecule has 0 saturated carbocycles. The van der Waals surface area contributed by atoms with E-state index in [0.717, 1.165) is 11.3 Å². The molecule has 0 aliphatic carbocycles. The van der Waals surface area contributed by atoms with E-state index in [1.807, 2.05) is 24.3 Å². The molecule has 1 unspecified atom stereocenters. The summed E-state index contributed by atoms with van der Waals surface area (Å²) in [5.41, 5.74) is 1.62. The van der Waals surface area contributed by atoms with E-state index < -0.39 is 11.4 Å². The maximum absolute atomic E-state index is 13.4. The lowest BCUT2D eigenvalue weighted by Crippen LogP contribution is -2.35. The number of hydrogen-bond acceptors (Lipinski definition) is 4. The number of aromatic nitrogens is 1. The van der Waals surface area contributed by atoms with Gasteiger partial charge < -0.3 is 14.4 Å². The SMILES string of the molecule is CC1(C(=O)O)CCN(C(=O)c2ccc(-c3ncco3)cc2Cl)c2ccccc2C1. The molecule has 4 rings (SSSR count). The Balaban J connectivity index is 1.71. The fourth-order valence-electron chi connectivity index (χ4n) is 3.64. The van der Waals surface area contributed by atoms with Crippen molar-refractivity contribution in [2.45, 2.75) is 19.8 Å². The fraction of sp³-hybridized carbons (Fsp3) is 0.227. The van der Waals surface area contributed by atoms with Gasteiger partial charge in [-0.05, 0) is 49.6 Å². The zero-order valence-electron chi connectivity index (χ0n) is 15.8. The highest BCUT2D eigenvalue weighted by molar-refractivity contribution is 6.34. The van der Waals surface area contributed by atoms with Gasteiger partial charge in [-0.3, -0.25) is 9.59 Å². The lowest BCUT2D eigenvalue weighted by molar-refractivity contribution is -0.148. The topological polar surface area (TPSA) is 83.6 Å². The first-order valence-corrected chi connectivity index (χ1v) is 9.59. The number of benzene rings is 2. The first kappa shape index (κ1) is 19.2. The summed E-state index contributed by atoms with van der Waals surface area (Å²) in [5.74, 6) is -0.714. The minimum absolute atomic E-state index is 0.268. The van der Waals surface area contributed by atoms with E-state index in [-0.39, 0.29) is 17.5 Å². The quantitative estimate of drug-likeness (QED) is 0.677. The van der Waals surface area contributed by atoms with Gasteiger partial charge in [0, 0.05) is 17.8 Å². The molecule has 0 fully saturated rings. The van der Waals surface area contributed by atoms with Crippen molar-refractivity contribution in [2.75, 3.05) is 11.4 Å². The maximum atomic E-state index is 13.4.